The van der Waals surface area contributed by atoms with E-state index >= 15 is 0 Å². The zero-order chi connectivity index (χ0) is 15.3. The van der Waals surface area contributed by atoms with E-state index in [1.54, 1.807) is 0 Å². The number of carboxylic acids is 1. The predicted octanol–water partition coefficient (Wildman–Crippen LogP) is 4.33. The van der Waals surface area contributed by atoms with Crippen LogP contribution in [0, 0.1) is 5.41 Å². The van der Waals surface area contributed by atoms with Crippen molar-refractivity contribution in [3.8, 4) is 0 Å². The first-order valence-electron chi connectivity index (χ1n) is 8.01. The summed E-state index contributed by atoms with van der Waals surface area (Å²) in [5, 5.41) is 8.87. The monoisotopic (exact) mass is 289 g/mol. The van der Waals surface area contributed by atoms with Crippen LogP contribution in [0.3, 0.4) is 0 Å². The van der Waals surface area contributed by atoms with Gasteiger partial charge in [-0.2, -0.15) is 0 Å². The van der Waals surface area contributed by atoms with Crippen molar-refractivity contribution in [1.82, 2.24) is 0 Å². The summed E-state index contributed by atoms with van der Waals surface area (Å²) < 4.78 is 0. The summed E-state index contributed by atoms with van der Waals surface area (Å²) in [5.74, 6) is -0.702. The molecule has 1 aliphatic rings. The van der Waals surface area contributed by atoms with Crippen molar-refractivity contribution in [3.63, 3.8) is 0 Å². The highest BCUT2D eigenvalue weighted by molar-refractivity contribution is 5.66. The molecule has 0 spiro atoms. The Kier molecular flexibility index (Phi) is 5.27. The minimum atomic E-state index is -0.702. The van der Waals surface area contributed by atoms with Gasteiger partial charge in [-0.05, 0) is 43.2 Å². The molecular weight excluding hydrogens is 262 g/mol. The molecule has 0 bridgehead atoms. The van der Waals surface area contributed by atoms with Crippen LogP contribution in [-0.2, 0) is 4.79 Å². The molecule has 0 amide bonds. The Morgan fingerprint density at radius 1 is 1.33 bits per heavy atom. The van der Waals surface area contributed by atoms with Crippen LogP contribution in [0.2, 0.25) is 0 Å². The normalized spacial score (nSPS) is 21.0. The SMILES string of the molecule is CC1(C)CCCC(N(CCCC(=O)O)c2ccccc2)C1. The van der Waals surface area contributed by atoms with Crippen molar-refractivity contribution < 1.29 is 9.90 Å². The lowest BCUT2D eigenvalue weighted by Crippen LogP contribution is -2.42. The summed E-state index contributed by atoms with van der Waals surface area (Å²) in [7, 11) is 0. The molecule has 1 aliphatic carbocycles. The largest absolute Gasteiger partial charge is 0.481 e. The summed E-state index contributed by atoms with van der Waals surface area (Å²) >= 11 is 0. The van der Waals surface area contributed by atoms with Gasteiger partial charge in [0.25, 0.3) is 0 Å². The molecule has 0 heterocycles. The molecule has 1 atom stereocenters. The number of nitrogens with zero attached hydrogens (tertiary/aromatic N) is 1. The van der Waals surface area contributed by atoms with Gasteiger partial charge < -0.3 is 10.0 Å². The zero-order valence-corrected chi connectivity index (χ0v) is 13.2. The number of hydrogen-bond acceptors (Lipinski definition) is 2. The molecular formula is C18H27NO2. The number of anilines is 1. The van der Waals surface area contributed by atoms with Crippen LogP contribution in [0.5, 0.6) is 0 Å². The van der Waals surface area contributed by atoms with Crippen LogP contribution in [-0.4, -0.2) is 23.7 Å². The quantitative estimate of drug-likeness (QED) is 0.847. The number of carboxylic acid groups (broad SMARTS) is 1. The first-order valence-corrected chi connectivity index (χ1v) is 8.01. The molecule has 3 nitrogen and oxygen atoms in total. The van der Waals surface area contributed by atoms with E-state index < -0.39 is 5.97 Å². The standard InChI is InChI=1S/C18H27NO2/c1-18(2)12-6-10-16(14-18)19(13-7-11-17(20)21)15-8-4-3-5-9-15/h3-5,8-9,16H,6-7,10-14H2,1-2H3,(H,20,21). The zero-order valence-electron chi connectivity index (χ0n) is 13.2. The lowest BCUT2D eigenvalue weighted by Gasteiger charge is -2.42. The Hall–Kier alpha value is -1.51. The first kappa shape index (κ1) is 15.9. The molecule has 1 aromatic rings. The minimum absolute atomic E-state index is 0.249. The molecule has 0 radical (unpaired) electrons. The minimum Gasteiger partial charge on any atom is -0.481 e. The fraction of sp³-hybridized carbons (Fsp3) is 0.611. The lowest BCUT2D eigenvalue weighted by atomic mass is 9.74. The van der Waals surface area contributed by atoms with Crippen LogP contribution >= 0.6 is 0 Å². The average molecular weight is 289 g/mol. The van der Waals surface area contributed by atoms with Crippen LogP contribution in [0.1, 0.15) is 52.4 Å². The Labute approximate surface area is 128 Å². The van der Waals surface area contributed by atoms with E-state index in [0.29, 0.717) is 17.9 Å². The molecule has 3 heteroatoms. The van der Waals surface area contributed by atoms with Gasteiger partial charge in [-0.25, -0.2) is 0 Å². The van der Waals surface area contributed by atoms with Crippen molar-refractivity contribution in [2.45, 2.75) is 58.4 Å². The summed E-state index contributed by atoms with van der Waals surface area (Å²) in [5.41, 5.74) is 1.62. The molecule has 0 aromatic heterocycles. The summed E-state index contributed by atoms with van der Waals surface area (Å²) in [4.78, 5) is 13.2. The molecule has 1 N–H and O–H groups in total. The third-order valence-electron chi connectivity index (χ3n) is 4.50. The van der Waals surface area contributed by atoms with Gasteiger partial charge in [0.05, 0.1) is 0 Å². The maximum atomic E-state index is 10.8. The maximum Gasteiger partial charge on any atom is 0.303 e. The van der Waals surface area contributed by atoms with Crippen LogP contribution < -0.4 is 4.90 Å². The van der Waals surface area contributed by atoms with Crippen LogP contribution in [0.15, 0.2) is 30.3 Å². The van der Waals surface area contributed by atoms with Gasteiger partial charge in [0.1, 0.15) is 0 Å². The molecule has 1 fully saturated rings. The molecule has 1 saturated carbocycles. The van der Waals surface area contributed by atoms with E-state index in [1.165, 1.54) is 31.4 Å². The number of carbonyl (C=O) groups is 1. The lowest BCUT2D eigenvalue weighted by molar-refractivity contribution is -0.137. The Morgan fingerprint density at radius 3 is 2.67 bits per heavy atom. The van der Waals surface area contributed by atoms with Crippen molar-refractivity contribution in [2.75, 3.05) is 11.4 Å². The van der Waals surface area contributed by atoms with E-state index in [1.807, 2.05) is 6.07 Å². The Bertz CT molecular complexity index is 456. The van der Waals surface area contributed by atoms with Crippen LogP contribution in [0.4, 0.5) is 5.69 Å². The number of rotatable bonds is 6. The van der Waals surface area contributed by atoms with E-state index in [4.69, 9.17) is 5.11 Å². The predicted molar refractivity (Wildman–Crippen MR) is 86.7 cm³/mol. The topological polar surface area (TPSA) is 40.5 Å². The second-order valence-corrected chi connectivity index (χ2v) is 6.94. The van der Waals surface area contributed by atoms with Gasteiger partial charge in [0, 0.05) is 24.7 Å². The van der Waals surface area contributed by atoms with Gasteiger partial charge in [-0.15, -0.1) is 0 Å². The van der Waals surface area contributed by atoms with Crippen LogP contribution in [0.25, 0.3) is 0 Å². The number of hydrogen-bond donors (Lipinski definition) is 1. The van der Waals surface area contributed by atoms with E-state index in [-0.39, 0.29) is 6.42 Å². The highest BCUT2D eigenvalue weighted by Gasteiger charge is 2.31. The van der Waals surface area contributed by atoms with Gasteiger partial charge in [0.2, 0.25) is 0 Å². The highest BCUT2D eigenvalue weighted by atomic mass is 16.4. The van der Waals surface area contributed by atoms with Gasteiger partial charge >= 0.3 is 5.97 Å². The second kappa shape index (κ2) is 6.97. The number of para-hydroxylation sites is 1. The highest BCUT2D eigenvalue weighted by Crippen LogP contribution is 2.38. The second-order valence-electron chi connectivity index (χ2n) is 6.94. The van der Waals surface area contributed by atoms with Gasteiger partial charge in [0.15, 0.2) is 0 Å². The summed E-state index contributed by atoms with van der Waals surface area (Å²) in [6.45, 7) is 5.52. The van der Waals surface area contributed by atoms with E-state index in [0.717, 1.165) is 6.54 Å². The number of benzene rings is 1. The third-order valence-corrected chi connectivity index (χ3v) is 4.50. The third kappa shape index (κ3) is 4.76. The summed E-state index contributed by atoms with van der Waals surface area (Å²) in [6.07, 6.45) is 5.92. The van der Waals surface area contributed by atoms with Gasteiger partial charge in [-0.3, -0.25) is 4.79 Å². The molecule has 0 saturated heterocycles. The summed E-state index contributed by atoms with van der Waals surface area (Å²) in [6, 6.07) is 11.0. The number of aliphatic carboxylic acids is 1. The van der Waals surface area contributed by atoms with E-state index in [2.05, 4.69) is 43.0 Å². The van der Waals surface area contributed by atoms with Crippen molar-refractivity contribution in [3.05, 3.63) is 30.3 Å². The fourth-order valence-corrected chi connectivity index (χ4v) is 3.47. The maximum absolute atomic E-state index is 10.8. The van der Waals surface area contributed by atoms with E-state index in [9.17, 15) is 4.79 Å². The Morgan fingerprint density at radius 2 is 2.05 bits per heavy atom. The van der Waals surface area contributed by atoms with Crippen molar-refractivity contribution in [1.29, 1.82) is 0 Å². The average Bonchev–Trinajstić information content (AvgIpc) is 2.43. The smallest absolute Gasteiger partial charge is 0.303 e. The fourth-order valence-electron chi connectivity index (χ4n) is 3.47. The molecule has 116 valence electrons. The van der Waals surface area contributed by atoms with Gasteiger partial charge in [-0.1, -0.05) is 38.5 Å². The molecule has 0 aliphatic heterocycles. The van der Waals surface area contributed by atoms with Crippen molar-refractivity contribution >= 4 is 11.7 Å². The molecule has 21 heavy (non-hydrogen) atoms. The molecule has 1 aromatic carbocycles. The molecule has 2 rings (SSSR count). The van der Waals surface area contributed by atoms with Crippen molar-refractivity contribution in [2.24, 2.45) is 5.41 Å². The first-order chi connectivity index (χ1) is 9.98. The molecule has 1 unspecified atom stereocenters. The Balaban J connectivity index is 2.09.